The van der Waals surface area contributed by atoms with E-state index in [1.807, 2.05) is 0 Å². The highest BCUT2D eigenvalue weighted by molar-refractivity contribution is 5.91. The fourth-order valence-electron chi connectivity index (χ4n) is 9.81. The first-order chi connectivity index (χ1) is 17.5. The zero-order chi connectivity index (χ0) is 27.0. The SMILES string of the molecule is CC[C@H](CC[C@@H](C)[C@H]1CC[C@H]2[C@@H]3CC=C4C[C@@H](OC(=O)CC(=O)OC)CC[C@]4(C)[C@H]3CC[C@]12C)C(C)C. The van der Waals surface area contributed by atoms with Crippen LogP contribution in [0.2, 0.25) is 0 Å². The molecule has 4 nitrogen and oxygen atoms in total. The van der Waals surface area contributed by atoms with Gasteiger partial charge in [-0.3, -0.25) is 9.59 Å². The summed E-state index contributed by atoms with van der Waals surface area (Å²) in [6, 6.07) is 0. The van der Waals surface area contributed by atoms with Gasteiger partial charge in [0.1, 0.15) is 12.5 Å². The van der Waals surface area contributed by atoms with E-state index >= 15 is 0 Å². The van der Waals surface area contributed by atoms with Gasteiger partial charge in [-0.05, 0) is 104 Å². The van der Waals surface area contributed by atoms with Gasteiger partial charge < -0.3 is 9.47 Å². The van der Waals surface area contributed by atoms with E-state index in [1.165, 1.54) is 64.0 Å². The van der Waals surface area contributed by atoms with Gasteiger partial charge in [0.25, 0.3) is 0 Å². The predicted molar refractivity (Wildman–Crippen MR) is 149 cm³/mol. The molecule has 0 saturated heterocycles. The first kappa shape index (κ1) is 28.7. The summed E-state index contributed by atoms with van der Waals surface area (Å²) in [7, 11) is 1.31. The number of carbonyl (C=O) groups excluding carboxylic acids is 2. The lowest BCUT2D eigenvalue weighted by Gasteiger charge is -2.58. The Morgan fingerprint density at radius 2 is 1.76 bits per heavy atom. The highest BCUT2D eigenvalue weighted by Crippen LogP contribution is 2.67. The molecule has 0 radical (unpaired) electrons. The lowest BCUT2D eigenvalue weighted by Crippen LogP contribution is -2.51. The summed E-state index contributed by atoms with van der Waals surface area (Å²) < 4.78 is 10.3. The molecule has 4 rings (SSSR count). The van der Waals surface area contributed by atoms with Gasteiger partial charge >= 0.3 is 11.9 Å². The van der Waals surface area contributed by atoms with Gasteiger partial charge in [-0.1, -0.05) is 66.0 Å². The maximum Gasteiger partial charge on any atom is 0.317 e. The maximum absolute atomic E-state index is 12.2. The van der Waals surface area contributed by atoms with Gasteiger partial charge in [-0.2, -0.15) is 0 Å². The number of carbonyl (C=O) groups is 2. The predicted octanol–water partition coefficient (Wildman–Crippen LogP) is 8.14. The number of esters is 2. The van der Waals surface area contributed by atoms with Crippen molar-refractivity contribution in [3.63, 3.8) is 0 Å². The van der Waals surface area contributed by atoms with E-state index in [1.54, 1.807) is 0 Å². The van der Waals surface area contributed by atoms with Crippen LogP contribution in [0.1, 0.15) is 119 Å². The number of allylic oxidation sites excluding steroid dienone is 1. The second-order valence-corrected chi connectivity index (χ2v) is 14.1. The van der Waals surface area contributed by atoms with E-state index in [4.69, 9.17) is 4.74 Å². The third-order valence-electron chi connectivity index (χ3n) is 12.1. The molecule has 0 heterocycles. The van der Waals surface area contributed by atoms with Gasteiger partial charge in [-0.15, -0.1) is 0 Å². The van der Waals surface area contributed by atoms with Crippen LogP contribution in [-0.4, -0.2) is 25.2 Å². The van der Waals surface area contributed by atoms with E-state index in [9.17, 15) is 9.59 Å². The van der Waals surface area contributed by atoms with E-state index < -0.39 is 11.9 Å². The van der Waals surface area contributed by atoms with Crippen LogP contribution in [0.3, 0.4) is 0 Å². The van der Waals surface area contributed by atoms with Gasteiger partial charge in [0.2, 0.25) is 0 Å². The summed E-state index contributed by atoms with van der Waals surface area (Å²) in [5.41, 5.74) is 2.26. The second kappa shape index (κ2) is 11.4. The molecule has 3 fully saturated rings. The van der Waals surface area contributed by atoms with Gasteiger partial charge in [-0.25, -0.2) is 0 Å². The van der Waals surface area contributed by atoms with Crippen molar-refractivity contribution in [3.8, 4) is 0 Å². The first-order valence-electron chi connectivity index (χ1n) is 15.5. The van der Waals surface area contributed by atoms with Crippen LogP contribution < -0.4 is 0 Å². The smallest absolute Gasteiger partial charge is 0.317 e. The average Bonchev–Trinajstić information content (AvgIpc) is 3.21. The van der Waals surface area contributed by atoms with E-state index in [-0.39, 0.29) is 17.9 Å². The minimum atomic E-state index is -0.523. The van der Waals surface area contributed by atoms with Crippen molar-refractivity contribution in [2.24, 2.45) is 52.3 Å². The monoisotopic (exact) mass is 514 g/mol. The van der Waals surface area contributed by atoms with E-state index in [0.717, 1.165) is 60.7 Å². The molecule has 37 heavy (non-hydrogen) atoms. The van der Waals surface area contributed by atoms with Gasteiger partial charge in [0.15, 0.2) is 0 Å². The Bertz CT molecular complexity index is 860. The molecule has 0 N–H and O–H groups in total. The van der Waals surface area contributed by atoms with Crippen molar-refractivity contribution in [3.05, 3.63) is 11.6 Å². The normalized spacial score (nSPS) is 38.6. The summed E-state index contributed by atoms with van der Waals surface area (Å²) in [5.74, 6) is 4.84. The van der Waals surface area contributed by atoms with Crippen molar-refractivity contribution >= 4 is 11.9 Å². The molecule has 0 bridgehead atoms. The van der Waals surface area contributed by atoms with Crippen molar-refractivity contribution < 1.29 is 19.1 Å². The molecule has 0 aliphatic heterocycles. The third kappa shape index (κ3) is 5.55. The molecule has 4 aliphatic rings. The van der Waals surface area contributed by atoms with Crippen molar-refractivity contribution in [1.29, 1.82) is 0 Å². The van der Waals surface area contributed by atoms with Gasteiger partial charge in [0, 0.05) is 6.42 Å². The Hall–Kier alpha value is -1.32. The van der Waals surface area contributed by atoms with E-state index in [2.05, 4.69) is 52.4 Å². The molecule has 9 atom stereocenters. The highest BCUT2D eigenvalue weighted by Gasteiger charge is 2.59. The topological polar surface area (TPSA) is 52.6 Å². The zero-order valence-electron chi connectivity index (χ0n) is 24.8. The van der Waals surface area contributed by atoms with E-state index in [0.29, 0.717) is 5.41 Å². The van der Waals surface area contributed by atoms with Crippen LogP contribution in [0.25, 0.3) is 0 Å². The van der Waals surface area contributed by atoms with Crippen LogP contribution in [0.5, 0.6) is 0 Å². The lowest BCUT2D eigenvalue weighted by molar-refractivity contribution is -0.158. The molecule has 0 amide bonds. The number of hydrogen-bond acceptors (Lipinski definition) is 4. The molecule has 0 unspecified atom stereocenters. The molecule has 4 aliphatic carbocycles. The number of ether oxygens (including phenoxy) is 2. The molecule has 0 aromatic carbocycles. The standard InChI is InChI=1S/C33H54O4/c1-8-23(21(2)3)10-9-22(4)27-13-14-28-26-12-11-24-19-25(37-31(35)20-30(34)36-7)15-17-32(24,5)29(26)16-18-33(27,28)6/h11,21-23,25-29H,8-10,12-20H2,1-7H3/t22-,23-,25+,26+,27-,28+,29+,32+,33-/m1/s1. The summed E-state index contributed by atoms with van der Waals surface area (Å²) in [6.07, 6.45) is 15.9. The number of rotatable bonds is 9. The van der Waals surface area contributed by atoms with Crippen LogP contribution >= 0.6 is 0 Å². The van der Waals surface area contributed by atoms with Crippen molar-refractivity contribution in [2.75, 3.05) is 7.11 Å². The fourth-order valence-corrected chi connectivity index (χ4v) is 9.81. The molecule has 0 spiro atoms. The summed E-state index contributed by atoms with van der Waals surface area (Å²) in [5, 5.41) is 0. The fraction of sp³-hybridized carbons (Fsp3) is 0.879. The second-order valence-electron chi connectivity index (χ2n) is 14.1. The molecule has 4 heteroatoms. The van der Waals surface area contributed by atoms with Crippen LogP contribution in [0.4, 0.5) is 0 Å². The Labute approximate surface area is 226 Å². The number of fused-ring (bicyclic) bond motifs is 5. The minimum absolute atomic E-state index is 0.101. The lowest BCUT2D eigenvalue weighted by atomic mass is 9.47. The summed E-state index contributed by atoms with van der Waals surface area (Å²) >= 11 is 0. The minimum Gasteiger partial charge on any atom is -0.469 e. The maximum atomic E-state index is 12.2. The summed E-state index contributed by atoms with van der Waals surface area (Å²) in [4.78, 5) is 23.6. The Morgan fingerprint density at radius 3 is 2.43 bits per heavy atom. The molecule has 210 valence electrons. The third-order valence-corrected chi connectivity index (χ3v) is 12.1. The molecule has 0 aromatic heterocycles. The van der Waals surface area contributed by atoms with Crippen LogP contribution in [-0.2, 0) is 19.1 Å². The molecule has 3 saturated carbocycles. The zero-order valence-corrected chi connectivity index (χ0v) is 24.8. The van der Waals surface area contributed by atoms with Crippen LogP contribution in [0.15, 0.2) is 11.6 Å². The number of hydrogen-bond donors (Lipinski definition) is 0. The Morgan fingerprint density at radius 1 is 1.00 bits per heavy atom. The van der Waals surface area contributed by atoms with Crippen molar-refractivity contribution in [2.45, 2.75) is 125 Å². The molecular formula is C33H54O4. The van der Waals surface area contributed by atoms with Crippen LogP contribution in [0, 0.1) is 52.3 Å². The molecule has 0 aromatic rings. The average molecular weight is 515 g/mol. The van der Waals surface area contributed by atoms with Gasteiger partial charge in [0.05, 0.1) is 7.11 Å². The number of methoxy groups -OCH3 is 1. The first-order valence-corrected chi connectivity index (χ1v) is 15.5. The summed E-state index contributed by atoms with van der Waals surface area (Å²) in [6.45, 7) is 14.9. The Kier molecular flexibility index (Phi) is 8.86. The highest BCUT2D eigenvalue weighted by atomic mass is 16.6. The molecular weight excluding hydrogens is 460 g/mol. The van der Waals surface area contributed by atoms with Crippen molar-refractivity contribution in [1.82, 2.24) is 0 Å². The Balaban J connectivity index is 1.41. The quantitative estimate of drug-likeness (QED) is 0.177. The largest absolute Gasteiger partial charge is 0.469 e.